The molecule has 2 aromatic heterocycles. The van der Waals surface area contributed by atoms with Crippen molar-refractivity contribution in [2.45, 2.75) is 37.9 Å². The molecule has 9 heteroatoms. The highest BCUT2D eigenvalue weighted by Gasteiger charge is 2.43. The number of nitrogens with zero attached hydrogens (tertiary/aromatic N) is 6. The van der Waals surface area contributed by atoms with E-state index in [1.54, 1.807) is 0 Å². The minimum absolute atomic E-state index is 0.00893. The lowest BCUT2D eigenvalue weighted by atomic mass is 9.93. The molecule has 3 heterocycles. The van der Waals surface area contributed by atoms with Crippen molar-refractivity contribution >= 4 is 11.6 Å². The second kappa shape index (κ2) is 5.80. The molecule has 1 saturated heterocycles. The van der Waals surface area contributed by atoms with E-state index in [1.165, 1.54) is 36.5 Å². The Balaban J connectivity index is 1.37. The molecule has 0 amide bonds. The van der Waals surface area contributed by atoms with Crippen molar-refractivity contribution in [3.05, 3.63) is 18.1 Å². The maximum Gasteiger partial charge on any atom is 0.433 e. The molecule has 2 bridgehead atoms. The van der Waals surface area contributed by atoms with E-state index in [9.17, 15) is 13.2 Å². The molecule has 0 radical (unpaired) electrons. The Morgan fingerprint density at radius 1 is 1.04 bits per heavy atom. The molecule has 2 saturated carbocycles. The molecular formula is C17H21F3N6. The molecule has 2 aliphatic carbocycles. The van der Waals surface area contributed by atoms with Crippen LogP contribution in [-0.4, -0.2) is 56.7 Å². The number of piperazine rings is 1. The summed E-state index contributed by atoms with van der Waals surface area (Å²) in [5.41, 5.74) is -0.913. The van der Waals surface area contributed by atoms with Crippen molar-refractivity contribution in [2.24, 2.45) is 11.8 Å². The number of anilines is 1. The molecule has 2 aromatic rings. The van der Waals surface area contributed by atoms with Crippen molar-refractivity contribution in [1.29, 1.82) is 0 Å². The molecule has 0 aromatic carbocycles. The Kier molecular flexibility index (Phi) is 3.63. The van der Waals surface area contributed by atoms with E-state index in [4.69, 9.17) is 0 Å². The number of fused-ring (bicyclic) bond motifs is 3. The molecule has 0 spiro atoms. The van der Waals surface area contributed by atoms with Gasteiger partial charge in [0.25, 0.3) is 5.78 Å². The van der Waals surface area contributed by atoms with E-state index in [2.05, 4.69) is 20.0 Å². The van der Waals surface area contributed by atoms with Crippen LogP contribution in [0.25, 0.3) is 5.78 Å². The van der Waals surface area contributed by atoms with Crippen molar-refractivity contribution in [3.8, 4) is 0 Å². The van der Waals surface area contributed by atoms with E-state index in [-0.39, 0.29) is 5.78 Å². The molecule has 6 nitrogen and oxygen atoms in total. The Morgan fingerprint density at radius 3 is 2.50 bits per heavy atom. The standard InChI is InChI=1S/C17H21F3N6/c18-17(19,20)14-9-15(26-16(23-14)21-10-22-26)25-5-3-24(4-6-25)13-8-11-1-2-12(13)7-11/h9-13H,1-8H2. The van der Waals surface area contributed by atoms with Crippen LogP contribution >= 0.6 is 0 Å². The Labute approximate surface area is 149 Å². The molecule has 0 N–H and O–H groups in total. The number of halogens is 3. The summed E-state index contributed by atoms with van der Waals surface area (Å²) >= 11 is 0. The maximum absolute atomic E-state index is 13.2. The van der Waals surface area contributed by atoms with Crippen LogP contribution in [0.15, 0.2) is 12.4 Å². The van der Waals surface area contributed by atoms with Gasteiger partial charge < -0.3 is 4.90 Å². The predicted octanol–water partition coefficient (Wildman–Crippen LogP) is 2.45. The summed E-state index contributed by atoms with van der Waals surface area (Å²) in [5, 5.41) is 4.07. The van der Waals surface area contributed by atoms with Crippen LogP contribution in [0.1, 0.15) is 31.4 Å². The third kappa shape index (κ3) is 2.64. The van der Waals surface area contributed by atoms with E-state index in [0.29, 0.717) is 24.9 Å². The van der Waals surface area contributed by atoms with Gasteiger partial charge in [-0.05, 0) is 31.1 Å². The molecular weight excluding hydrogens is 345 g/mol. The molecule has 5 rings (SSSR count). The molecule has 26 heavy (non-hydrogen) atoms. The molecule has 3 fully saturated rings. The van der Waals surface area contributed by atoms with Gasteiger partial charge in [0, 0.05) is 38.3 Å². The summed E-state index contributed by atoms with van der Waals surface area (Å²) in [6.45, 7) is 3.16. The molecule has 3 unspecified atom stereocenters. The average Bonchev–Trinajstić information content (AvgIpc) is 3.36. The van der Waals surface area contributed by atoms with Crippen molar-refractivity contribution < 1.29 is 13.2 Å². The lowest BCUT2D eigenvalue weighted by molar-refractivity contribution is -0.141. The van der Waals surface area contributed by atoms with Crippen LogP contribution in [0.4, 0.5) is 19.0 Å². The van der Waals surface area contributed by atoms with Gasteiger partial charge in [-0.15, -0.1) is 0 Å². The first-order valence-corrected chi connectivity index (χ1v) is 9.26. The number of aromatic nitrogens is 4. The highest BCUT2D eigenvalue weighted by Crippen LogP contribution is 2.46. The van der Waals surface area contributed by atoms with Crippen LogP contribution in [0.3, 0.4) is 0 Å². The summed E-state index contributed by atoms with van der Waals surface area (Å²) < 4.78 is 40.9. The van der Waals surface area contributed by atoms with Crippen molar-refractivity contribution in [3.63, 3.8) is 0 Å². The van der Waals surface area contributed by atoms with Gasteiger partial charge in [0.15, 0.2) is 5.69 Å². The summed E-state index contributed by atoms with van der Waals surface area (Å²) in [6, 6.07) is 1.76. The topological polar surface area (TPSA) is 49.6 Å². The zero-order valence-corrected chi connectivity index (χ0v) is 14.4. The first kappa shape index (κ1) is 16.3. The quantitative estimate of drug-likeness (QED) is 0.817. The van der Waals surface area contributed by atoms with Crippen LogP contribution in [0.5, 0.6) is 0 Å². The van der Waals surface area contributed by atoms with Crippen LogP contribution in [0.2, 0.25) is 0 Å². The lowest BCUT2D eigenvalue weighted by Gasteiger charge is -2.41. The number of hydrogen-bond donors (Lipinski definition) is 0. The minimum atomic E-state index is -4.49. The van der Waals surface area contributed by atoms with Gasteiger partial charge in [-0.3, -0.25) is 4.90 Å². The second-order valence-corrected chi connectivity index (χ2v) is 7.73. The van der Waals surface area contributed by atoms with Crippen LogP contribution in [0, 0.1) is 11.8 Å². The number of alkyl halides is 3. The van der Waals surface area contributed by atoms with Crippen LogP contribution < -0.4 is 4.90 Å². The van der Waals surface area contributed by atoms with E-state index in [1.807, 2.05) is 4.90 Å². The van der Waals surface area contributed by atoms with Crippen molar-refractivity contribution in [2.75, 3.05) is 31.1 Å². The number of rotatable bonds is 2. The van der Waals surface area contributed by atoms with Gasteiger partial charge in [-0.25, -0.2) is 4.98 Å². The minimum Gasteiger partial charge on any atom is -0.354 e. The van der Waals surface area contributed by atoms with E-state index < -0.39 is 11.9 Å². The molecule has 1 aliphatic heterocycles. The highest BCUT2D eigenvalue weighted by molar-refractivity contribution is 5.48. The Bertz CT molecular complexity index is 810. The fraction of sp³-hybridized carbons (Fsp3) is 0.706. The van der Waals surface area contributed by atoms with Gasteiger partial charge in [0.2, 0.25) is 0 Å². The second-order valence-electron chi connectivity index (χ2n) is 7.73. The van der Waals surface area contributed by atoms with Gasteiger partial charge in [-0.1, -0.05) is 6.42 Å². The van der Waals surface area contributed by atoms with Crippen molar-refractivity contribution in [1.82, 2.24) is 24.5 Å². The third-order valence-corrected chi connectivity index (χ3v) is 6.33. The summed E-state index contributed by atoms with van der Waals surface area (Å²) in [7, 11) is 0. The molecule has 3 aliphatic rings. The summed E-state index contributed by atoms with van der Waals surface area (Å²) in [5.74, 6) is 2.14. The highest BCUT2D eigenvalue weighted by atomic mass is 19.4. The maximum atomic E-state index is 13.2. The van der Waals surface area contributed by atoms with Crippen LogP contribution in [-0.2, 0) is 6.18 Å². The summed E-state index contributed by atoms with van der Waals surface area (Å²) in [6.07, 6.45) is 2.14. The largest absolute Gasteiger partial charge is 0.433 e. The SMILES string of the molecule is FC(F)(F)c1cc(N2CCN(C3CC4CCC3C4)CC2)n2ncnc2n1. The van der Waals surface area contributed by atoms with Gasteiger partial charge in [-0.2, -0.15) is 27.8 Å². The monoisotopic (exact) mass is 366 g/mol. The first-order chi connectivity index (χ1) is 12.5. The van der Waals surface area contributed by atoms with Gasteiger partial charge >= 0.3 is 6.18 Å². The van der Waals surface area contributed by atoms with E-state index >= 15 is 0 Å². The zero-order valence-electron chi connectivity index (χ0n) is 14.4. The smallest absolute Gasteiger partial charge is 0.354 e. The first-order valence-electron chi connectivity index (χ1n) is 9.26. The fourth-order valence-electron chi connectivity index (χ4n) is 5.11. The summed E-state index contributed by atoms with van der Waals surface area (Å²) in [4.78, 5) is 12.0. The fourth-order valence-corrected chi connectivity index (χ4v) is 5.11. The number of hydrogen-bond acceptors (Lipinski definition) is 5. The normalized spacial score (nSPS) is 29.8. The third-order valence-electron chi connectivity index (χ3n) is 6.33. The molecule has 140 valence electrons. The van der Waals surface area contributed by atoms with Gasteiger partial charge in [0.1, 0.15) is 12.1 Å². The molecule has 3 atom stereocenters. The lowest BCUT2D eigenvalue weighted by Crippen LogP contribution is -2.52. The van der Waals surface area contributed by atoms with E-state index in [0.717, 1.165) is 31.0 Å². The Morgan fingerprint density at radius 2 is 1.85 bits per heavy atom. The Hall–Kier alpha value is -1.90. The van der Waals surface area contributed by atoms with Gasteiger partial charge in [0.05, 0.1) is 0 Å². The predicted molar refractivity (Wildman–Crippen MR) is 88.8 cm³/mol. The average molecular weight is 366 g/mol. The zero-order chi connectivity index (χ0) is 17.9.